The molecular weight excluding hydrogens is 336 g/mol. The Balaban J connectivity index is 1.53. The van der Waals surface area contributed by atoms with Crippen molar-refractivity contribution >= 4 is 23.3 Å². The van der Waals surface area contributed by atoms with E-state index in [2.05, 4.69) is 5.32 Å². The monoisotopic (exact) mass is 360 g/mol. The third kappa shape index (κ3) is 4.22. The number of benzene rings is 1. The standard InChI is InChI=1S/C19H24N2O5/c1-21-15-10-12(2-8-17(15)26-11-19(21)25)16(23)7-9-18(24)20-13-3-5-14(22)6-4-13/h2,8,10,13-14,22H,3-7,9,11H2,1H3,(H,20,24). The zero-order chi connectivity index (χ0) is 18.7. The number of aliphatic hydroxyl groups is 1. The normalized spacial score (nSPS) is 22.4. The van der Waals surface area contributed by atoms with Gasteiger partial charge >= 0.3 is 0 Å². The van der Waals surface area contributed by atoms with E-state index < -0.39 is 0 Å². The summed E-state index contributed by atoms with van der Waals surface area (Å²) in [5.41, 5.74) is 1.03. The van der Waals surface area contributed by atoms with Gasteiger partial charge < -0.3 is 20.1 Å². The van der Waals surface area contributed by atoms with E-state index in [1.54, 1.807) is 25.2 Å². The average molecular weight is 360 g/mol. The molecule has 1 aromatic carbocycles. The molecule has 7 heteroatoms. The Kier molecular flexibility index (Phi) is 5.56. The van der Waals surface area contributed by atoms with Crippen LogP contribution in [0.5, 0.6) is 5.75 Å². The summed E-state index contributed by atoms with van der Waals surface area (Å²) in [6, 6.07) is 5.06. The van der Waals surface area contributed by atoms with Crippen molar-refractivity contribution in [3.05, 3.63) is 23.8 Å². The van der Waals surface area contributed by atoms with Crippen LogP contribution in [-0.2, 0) is 9.59 Å². The second kappa shape index (κ2) is 7.86. The lowest BCUT2D eigenvalue weighted by Gasteiger charge is -2.26. The van der Waals surface area contributed by atoms with Gasteiger partial charge in [0, 0.05) is 31.5 Å². The van der Waals surface area contributed by atoms with Gasteiger partial charge in [0.25, 0.3) is 5.91 Å². The molecule has 1 aliphatic heterocycles. The maximum Gasteiger partial charge on any atom is 0.264 e. The lowest BCUT2D eigenvalue weighted by Crippen LogP contribution is -2.38. The molecule has 2 aliphatic rings. The van der Waals surface area contributed by atoms with E-state index in [0.29, 0.717) is 29.8 Å². The lowest BCUT2D eigenvalue weighted by atomic mass is 9.93. The predicted octanol–water partition coefficient (Wildman–Crippen LogP) is 1.42. The molecule has 0 saturated heterocycles. The van der Waals surface area contributed by atoms with E-state index in [1.807, 2.05) is 0 Å². The van der Waals surface area contributed by atoms with Crippen LogP contribution in [0.25, 0.3) is 0 Å². The predicted molar refractivity (Wildman–Crippen MR) is 95.3 cm³/mol. The Morgan fingerprint density at radius 1 is 1.23 bits per heavy atom. The number of ketones is 1. The summed E-state index contributed by atoms with van der Waals surface area (Å²) in [6.07, 6.45) is 2.92. The van der Waals surface area contributed by atoms with E-state index >= 15 is 0 Å². The quantitative estimate of drug-likeness (QED) is 0.775. The summed E-state index contributed by atoms with van der Waals surface area (Å²) in [4.78, 5) is 37.6. The van der Waals surface area contributed by atoms with Crippen molar-refractivity contribution < 1.29 is 24.2 Å². The molecule has 140 valence electrons. The second-order valence-corrected chi connectivity index (χ2v) is 6.92. The van der Waals surface area contributed by atoms with Gasteiger partial charge in [-0.05, 0) is 43.9 Å². The van der Waals surface area contributed by atoms with Crippen LogP contribution in [0.2, 0.25) is 0 Å². The van der Waals surface area contributed by atoms with Gasteiger partial charge in [-0.15, -0.1) is 0 Å². The smallest absolute Gasteiger partial charge is 0.264 e. The summed E-state index contributed by atoms with van der Waals surface area (Å²) < 4.78 is 5.35. The minimum Gasteiger partial charge on any atom is -0.482 e. The largest absolute Gasteiger partial charge is 0.482 e. The third-order valence-electron chi connectivity index (χ3n) is 5.01. The Bertz CT molecular complexity index is 710. The Hall–Kier alpha value is -2.41. The van der Waals surface area contributed by atoms with Crippen molar-refractivity contribution in [1.82, 2.24) is 5.32 Å². The number of hydrogen-bond donors (Lipinski definition) is 2. The van der Waals surface area contributed by atoms with E-state index in [-0.39, 0.29) is 49.2 Å². The fraction of sp³-hybridized carbons (Fsp3) is 0.526. The molecule has 0 unspecified atom stereocenters. The van der Waals surface area contributed by atoms with E-state index in [0.717, 1.165) is 12.8 Å². The molecular formula is C19H24N2O5. The van der Waals surface area contributed by atoms with Crippen molar-refractivity contribution in [2.75, 3.05) is 18.6 Å². The molecule has 0 spiro atoms. The fourth-order valence-corrected chi connectivity index (χ4v) is 3.34. The molecule has 1 heterocycles. The minimum absolute atomic E-state index is 0.00480. The minimum atomic E-state index is -0.261. The number of nitrogens with one attached hydrogen (secondary N) is 1. The van der Waals surface area contributed by atoms with Gasteiger partial charge in [-0.2, -0.15) is 0 Å². The molecule has 1 saturated carbocycles. The van der Waals surface area contributed by atoms with Crippen LogP contribution in [0.1, 0.15) is 48.9 Å². The molecule has 2 amide bonds. The number of carbonyl (C=O) groups is 3. The average Bonchev–Trinajstić information content (AvgIpc) is 2.64. The summed E-state index contributed by atoms with van der Waals surface area (Å²) in [6.45, 7) is -0.00480. The number of fused-ring (bicyclic) bond motifs is 1. The summed E-state index contributed by atoms with van der Waals surface area (Å²) in [5.74, 6) is 0.113. The number of ether oxygens (including phenoxy) is 1. The van der Waals surface area contributed by atoms with Gasteiger partial charge in [0.2, 0.25) is 5.91 Å². The molecule has 1 aromatic rings. The first kappa shape index (κ1) is 18.4. The number of carbonyl (C=O) groups excluding carboxylic acids is 3. The summed E-state index contributed by atoms with van der Waals surface area (Å²) in [7, 11) is 1.65. The third-order valence-corrected chi connectivity index (χ3v) is 5.01. The molecule has 26 heavy (non-hydrogen) atoms. The number of aliphatic hydroxyl groups excluding tert-OH is 1. The van der Waals surface area contributed by atoms with Gasteiger partial charge in [0.15, 0.2) is 12.4 Å². The van der Waals surface area contributed by atoms with Crippen molar-refractivity contribution in [2.24, 2.45) is 0 Å². The molecule has 1 aliphatic carbocycles. The van der Waals surface area contributed by atoms with Crippen LogP contribution in [0.4, 0.5) is 5.69 Å². The van der Waals surface area contributed by atoms with Crippen molar-refractivity contribution in [3.8, 4) is 5.75 Å². The Labute approximate surface area is 152 Å². The first-order valence-electron chi connectivity index (χ1n) is 8.98. The number of rotatable bonds is 5. The van der Waals surface area contributed by atoms with Gasteiger partial charge in [0.1, 0.15) is 5.75 Å². The topological polar surface area (TPSA) is 95.9 Å². The fourth-order valence-electron chi connectivity index (χ4n) is 3.34. The highest BCUT2D eigenvalue weighted by Gasteiger charge is 2.24. The Morgan fingerprint density at radius 2 is 1.96 bits per heavy atom. The van der Waals surface area contributed by atoms with Crippen LogP contribution in [0.15, 0.2) is 18.2 Å². The molecule has 0 bridgehead atoms. The van der Waals surface area contributed by atoms with Crippen LogP contribution in [0, 0.1) is 0 Å². The van der Waals surface area contributed by atoms with Gasteiger partial charge in [0.05, 0.1) is 11.8 Å². The lowest BCUT2D eigenvalue weighted by molar-refractivity contribution is -0.122. The van der Waals surface area contributed by atoms with Crippen molar-refractivity contribution in [1.29, 1.82) is 0 Å². The zero-order valence-electron chi connectivity index (χ0n) is 14.9. The summed E-state index contributed by atoms with van der Waals surface area (Å²) in [5, 5.41) is 12.4. The Morgan fingerprint density at radius 3 is 2.69 bits per heavy atom. The van der Waals surface area contributed by atoms with Crippen LogP contribution in [-0.4, -0.2) is 48.5 Å². The van der Waals surface area contributed by atoms with E-state index in [9.17, 15) is 19.5 Å². The molecule has 0 atom stereocenters. The number of amides is 2. The first-order valence-corrected chi connectivity index (χ1v) is 8.98. The van der Waals surface area contributed by atoms with Crippen molar-refractivity contribution in [3.63, 3.8) is 0 Å². The van der Waals surface area contributed by atoms with Gasteiger partial charge in [-0.3, -0.25) is 14.4 Å². The van der Waals surface area contributed by atoms with E-state index in [4.69, 9.17) is 4.74 Å². The highest BCUT2D eigenvalue weighted by molar-refractivity contribution is 6.02. The maximum absolute atomic E-state index is 12.4. The summed E-state index contributed by atoms with van der Waals surface area (Å²) >= 11 is 0. The van der Waals surface area contributed by atoms with Gasteiger partial charge in [-0.25, -0.2) is 0 Å². The highest BCUT2D eigenvalue weighted by Crippen LogP contribution is 2.32. The van der Waals surface area contributed by atoms with E-state index in [1.165, 1.54) is 4.90 Å². The molecule has 0 radical (unpaired) electrons. The number of hydrogen-bond acceptors (Lipinski definition) is 5. The number of anilines is 1. The SMILES string of the molecule is CN1C(=O)COc2ccc(C(=O)CCC(=O)NC3CCC(O)CC3)cc21. The second-order valence-electron chi connectivity index (χ2n) is 6.92. The van der Waals surface area contributed by atoms with Gasteiger partial charge in [-0.1, -0.05) is 0 Å². The molecule has 1 fully saturated rings. The molecule has 3 rings (SSSR count). The van der Waals surface area contributed by atoms with Crippen molar-refractivity contribution in [2.45, 2.75) is 50.7 Å². The molecule has 2 N–H and O–H groups in total. The maximum atomic E-state index is 12.4. The first-order chi connectivity index (χ1) is 12.4. The van der Waals surface area contributed by atoms with Crippen LogP contribution >= 0.6 is 0 Å². The number of Topliss-reactive ketones (excluding diaryl/α,β-unsaturated/α-hetero) is 1. The number of nitrogens with zero attached hydrogens (tertiary/aromatic N) is 1. The van der Waals surface area contributed by atoms with Crippen LogP contribution < -0.4 is 15.0 Å². The highest BCUT2D eigenvalue weighted by atomic mass is 16.5. The number of likely N-dealkylation sites (N-methyl/N-ethyl adjacent to an activating group) is 1. The molecule has 7 nitrogen and oxygen atoms in total. The van der Waals surface area contributed by atoms with Crippen LogP contribution in [0.3, 0.4) is 0 Å². The zero-order valence-corrected chi connectivity index (χ0v) is 14.9. The molecule has 0 aromatic heterocycles.